The number of methoxy groups -OCH3 is 1. The van der Waals surface area contributed by atoms with Crippen molar-refractivity contribution >= 4 is 23.2 Å². The Morgan fingerprint density at radius 3 is 2.76 bits per heavy atom. The first-order chi connectivity index (χ1) is 17.9. The number of nitrogens with zero attached hydrogens (tertiary/aromatic N) is 6. The number of aromatic nitrogens is 4. The number of hydrogen-bond acceptors (Lipinski definition) is 9. The summed E-state index contributed by atoms with van der Waals surface area (Å²) in [6.07, 6.45) is 6.93. The molecule has 2 N–H and O–H groups in total. The lowest BCUT2D eigenvalue weighted by molar-refractivity contribution is -0.116. The van der Waals surface area contributed by atoms with Crippen molar-refractivity contribution < 1.29 is 9.53 Å². The molecule has 0 aromatic carbocycles. The number of ether oxygens (including phenoxy) is 1. The van der Waals surface area contributed by atoms with Crippen LogP contribution in [0.5, 0.6) is 5.75 Å². The fourth-order valence-electron chi connectivity index (χ4n) is 5.04. The Morgan fingerprint density at radius 2 is 2.00 bits per heavy atom. The van der Waals surface area contributed by atoms with Crippen LogP contribution >= 0.6 is 0 Å². The van der Waals surface area contributed by atoms with Crippen molar-refractivity contribution in [2.75, 3.05) is 62.9 Å². The maximum absolute atomic E-state index is 12.2. The van der Waals surface area contributed by atoms with Crippen LogP contribution in [-0.2, 0) is 4.79 Å². The van der Waals surface area contributed by atoms with Crippen LogP contribution in [0.15, 0.2) is 36.9 Å². The smallest absolute Gasteiger partial charge is 0.233 e. The molecule has 1 saturated heterocycles. The predicted molar refractivity (Wildman–Crippen MR) is 144 cm³/mol. The molecule has 2 aliphatic rings. The first-order valence-electron chi connectivity index (χ1n) is 12.7. The second-order valence-corrected chi connectivity index (χ2v) is 9.90. The average Bonchev–Trinajstić information content (AvgIpc) is 3.22. The lowest BCUT2D eigenvalue weighted by atomic mass is 9.91. The molecule has 0 bridgehead atoms. The molecular weight excluding hydrogens is 468 g/mol. The van der Waals surface area contributed by atoms with Gasteiger partial charge in [-0.05, 0) is 52.1 Å². The van der Waals surface area contributed by atoms with Crippen LogP contribution < -0.4 is 20.3 Å². The minimum atomic E-state index is -0.244. The summed E-state index contributed by atoms with van der Waals surface area (Å²) < 4.78 is 5.37. The molecule has 0 aliphatic carbocycles. The van der Waals surface area contributed by atoms with E-state index in [1.54, 1.807) is 19.6 Å². The van der Waals surface area contributed by atoms with Crippen molar-refractivity contribution in [3.63, 3.8) is 0 Å². The molecule has 194 valence electrons. The summed E-state index contributed by atoms with van der Waals surface area (Å²) in [6.45, 7) is 5.35. The molecule has 37 heavy (non-hydrogen) atoms. The van der Waals surface area contributed by atoms with Crippen LogP contribution in [0.1, 0.15) is 42.9 Å². The van der Waals surface area contributed by atoms with Gasteiger partial charge < -0.3 is 25.2 Å². The fraction of sp³-hybridized carbons (Fsp3) is 0.444. The van der Waals surface area contributed by atoms with Gasteiger partial charge in [0.15, 0.2) is 0 Å². The third-order valence-electron chi connectivity index (χ3n) is 7.16. The van der Waals surface area contributed by atoms with Gasteiger partial charge in [0.25, 0.3) is 0 Å². The first-order valence-corrected chi connectivity index (χ1v) is 12.7. The Hall–Kier alpha value is -3.79. The number of amides is 1. The SMILES string of the molecule is COc1cncc(-c2ccc(NCCN(C)C)c(C3CCN(c4ncnc5c4C(C)C(=O)N5)CC3)n2)c1. The van der Waals surface area contributed by atoms with Crippen molar-refractivity contribution in [2.45, 2.75) is 31.6 Å². The highest BCUT2D eigenvalue weighted by atomic mass is 16.5. The number of anilines is 3. The Balaban J connectivity index is 1.39. The highest BCUT2D eigenvalue weighted by Gasteiger charge is 2.34. The van der Waals surface area contributed by atoms with E-state index in [0.717, 1.165) is 73.0 Å². The van der Waals surface area contributed by atoms with Gasteiger partial charge in [0.1, 0.15) is 23.7 Å². The van der Waals surface area contributed by atoms with Crippen LogP contribution in [0.2, 0.25) is 0 Å². The molecule has 3 aromatic rings. The fourth-order valence-corrected chi connectivity index (χ4v) is 5.04. The topological polar surface area (TPSA) is 108 Å². The lowest BCUT2D eigenvalue weighted by Gasteiger charge is -2.34. The number of nitrogens with one attached hydrogen (secondary N) is 2. The van der Waals surface area contributed by atoms with Gasteiger partial charge in [0, 0.05) is 49.4 Å². The number of likely N-dealkylation sites (N-methyl/N-ethyl adjacent to an activating group) is 1. The third-order valence-corrected chi connectivity index (χ3v) is 7.16. The molecule has 1 atom stereocenters. The maximum atomic E-state index is 12.2. The molecule has 3 aromatic heterocycles. The molecule has 1 fully saturated rings. The Morgan fingerprint density at radius 1 is 1.19 bits per heavy atom. The van der Waals surface area contributed by atoms with E-state index in [-0.39, 0.29) is 11.8 Å². The minimum absolute atomic E-state index is 0.0203. The molecule has 1 unspecified atom stereocenters. The van der Waals surface area contributed by atoms with Gasteiger partial charge >= 0.3 is 0 Å². The van der Waals surface area contributed by atoms with Crippen LogP contribution in [0, 0.1) is 0 Å². The van der Waals surface area contributed by atoms with Gasteiger partial charge in [0.05, 0.1) is 36.3 Å². The molecule has 10 nitrogen and oxygen atoms in total. The van der Waals surface area contributed by atoms with Crippen molar-refractivity contribution in [2.24, 2.45) is 0 Å². The van der Waals surface area contributed by atoms with E-state index < -0.39 is 0 Å². The van der Waals surface area contributed by atoms with Gasteiger partial charge in [-0.1, -0.05) is 0 Å². The number of rotatable bonds is 8. The van der Waals surface area contributed by atoms with Gasteiger partial charge in [-0.3, -0.25) is 14.8 Å². The highest BCUT2D eigenvalue weighted by Crippen LogP contribution is 2.40. The molecule has 5 heterocycles. The summed E-state index contributed by atoms with van der Waals surface area (Å²) in [4.78, 5) is 35.0. The van der Waals surface area contributed by atoms with Gasteiger partial charge in [0.2, 0.25) is 5.91 Å². The molecule has 2 aliphatic heterocycles. The van der Waals surface area contributed by atoms with E-state index in [0.29, 0.717) is 17.5 Å². The third kappa shape index (κ3) is 5.20. The first kappa shape index (κ1) is 24.9. The number of piperidine rings is 1. The number of fused-ring (bicyclic) bond motifs is 1. The van der Waals surface area contributed by atoms with Gasteiger partial charge in [-0.15, -0.1) is 0 Å². The van der Waals surface area contributed by atoms with E-state index in [9.17, 15) is 4.79 Å². The van der Waals surface area contributed by atoms with Crippen LogP contribution in [0.4, 0.5) is 17.3 Å². The lowest BCUT2D eigenvalue weighted by Crippen LogP contribution is -2.35. The number of pyridine rings is 2. The summed E-state index contributed by atoms with van der Waals surface area (Å²) in [5.74, 6) is 2.24. The van der Waals surface area contributed by atoms with E-state index in [4.69, 9.17) is 9.72 Å². The summed E-state index contributed by atoms with van der Waals surface area (Å²) in [5, 5.41) is 6.48. The normalized spacial score (nSPS) is 17.6. The molecule has 0 radical (unpaired) electrons. The largest absolute Gasteiger partial charge is 0.495 e. The van der Waals surface area contributed by atoms with Crippen molar-refractivity contribution in [1.29, 1.82) is 0 Å². The molecule has 10 heteroatoms. The molecular formula is C27H34N8O2. The standard InChI is InChI=1S/C27H34N8O2/c1-17-23-25(33-27(17)36)30-16-31-26(23)35-10-7-18(8-11-35)24-22(29-9-12-34(2)3)6-5-21(32-24)19-13-20(37-4)15-28-14-19/h5-6,13-18,29H,7-12H2,1-4H3,(H,30,31,33,36). The van der Waals surface area contributed by atoms with Crippen molar-refractivity contribution in [1.82, 2.24) is 24.8 Å². The summed E-state index contributed by atoms with van der Waals surface area (Å²) in [7, 11) is 5.79. The minimum Gasteiger partial charge on any atom is -0.495 e. The molecule has 1 amide bonds. The molecule has 0 spiro atoms. The van der Waals surface area contributed by atoms with Crippen molar-refractivity contribution in [3.8, 4) is 17.0 Å². The zero-order valence-corrected chi connectivity index (χ0v) is 21.9. The Bertz CT molecular complexity index is 1270. The quantitative estimate of drug-likeness (QED) is 0.479. The zero-order valence-electron chi connectivity index (χ0n) is 21.9. The van der Waals surface area contributed by atoms with Crippen molar-refractivity contribution in [3.05, 3.63) is 48.2 Å². The van der Waals surface area contributed by atoms with Crippen LogP contribution in [0.3, 0.4) is 0 Å². The van der Waals surface area contributed by atoms with E-state index in [2.05, 4.69) is 55.5 Å². The van der Waals surface area contributed by atoms with Crippen LogP contribution in [0.25, 0.3) is 11.3 Å². The summed E-state index contributed by atoms with van der Waals surface area (Å²) >= 11 is 0. The van der Waals surface area contributed by atoms with Gasteiger partial charge in [-0.25, -0.2) is 9.97 Å². The highest BCUT2D eigenvalue weighted by molar-refractivity contribution is 6.03. The average molecular weight is 503 g/mol. The predicted octanol–water partition coefficient (Wildman–Crippen LogP) is 3.36. The Labute approximate surface area is 217 Å². The molecule has 5 rings (SSSR count). The zero-order chi connectivity index (χ0) is 25.9. The van der Waals surface area contributed by atoms with Gasteiger partial charge in [-0.2, -0.15) is 0 Å². The second-order valence-electron chi connectivity index (χ2n) is 9.90. The maximum Gasteiger partial charge on any atom is 0.233 e. The van der Waals surface area contributed by atoms with E-state index in [1.807, 2.05) is 25.3 Å². The van der Waals surface area contributed by atoms with E-state index in [1.165, 1.54) is 0 Å². The van der Waals surface area contributed by atoms with Crippen LogP contribution in [-0.4, -0.2) is 78.1 Å². The number of hydrogen-bond donors (Lipinski definition) is 2. The monoisotopic (exact) mass is 502 g/mol. The van der Waals surface area contributed by atoms with E-state index >= 15 is 0 Å². The summed E-state index contributed by atoms with van der Waals surface area (Å²) in [6, 6.07) is 6.14. The number of carbonyl (C=O) groups is 1. The second kappa shape index (κ2) is 10.7. The Kier molecular flexibility index (Phi) is 7.18. The summed E-state index contributed by atoms with van der Waals surface area (Å²) in [5.41, 5.74) is 4.88. The molecule has 0 saturated carbocycles. The number of carbonyl (C=O) groups excluding carboxylic acids is 1.